The Morgan fingerprint density at radius 2 is 2.11 bits per heavy atom. The predicted molar refractivity (Wildman–Crippen MR) is 72.4 cm³/mol. The number of halogens is 1. The highest BCUT2D eigenvalue weighted by atomic mass is 35.5. The van der Waals surface area contributed by atoms with Gasteiger partial charge in [0.15, 0.2) is 0 Å². The van der Waals surface area contributed by atoms with E-state index in [4.69, 9.17) is 16.7 Å². The minimum atomic E-state index is -0.778. The van der Waals surface area contributed by atoms with Crippen molar-refractivity contribution in [2.24, 2.45) is 5.92 Å². The van der Waals surface area contributed by atoms with Gasteiger partial charge in [-0.05, 0) is 49.9 Å². The number of carboxylic acids is 1. The Hall–Kier alpha value is -1.55. The van der Waals surface area contributed by atoms with Crippen molar-refractivity contribution in [2.75, 3.05) is 0 Å². The van der Waals surface area contributed by atoms with Gasteiger partial charge in [-0.25, -0.2) is 0 Å². The quantitative estimate of drug-likeness (QED) is 0.895. The summed E-state index contributed by atoms with van der Waals surface area (Å²) in [6.07, 6.45) is 1.85. The maximum absolute atomic E-state index is 12.1. The van der Waals surface area contributed by atoms with Crippen LogP contribution in [0.25, 0.3) is 0 Å². The lowest BCUT2D eigenvalue weighted by Gasteiger charge is -2.13. The van der Waals surface area contributed by atoms with Crippen LogP contribution in [-0.2, 0) is 4.79 Å². The molecule has 1 fully saturated rings. The summed E-state index contributed by atoms with van der Waals surface area (Å²) in [6, 6.07) is 5.06. The topological polar surface area (TPSA) is 66.4 Å². The molecule has 0 unspecified atom stereocenters. The van der Waals surface area contributed by atoms with Crippen molar-refractivity contribution < 1.29 is 14.7 Å². The molecule has 0 radical (unpaired) electrons. The summed E-state index contributed by atoms with van der Waals surface area (Å²) < 4.78 is 0. The molecule has 0 aromatic heterocycles. The Morgan fingerprint density at radius 3 is 2.68 bits per heavy atom. The molecule has 0 heterocycles. The molecule has 102 valence electrons. The van der Waals surface area contributed by atoms with E-state index in [0.29, 0.717) is 23.4 Å². The number of carbonyl (C=O) groups excluding carboxylic acids is 1. The fourth-order valence-corrected chi connectivity index (χ4v) is 2.71. The van der Waals surface area contributed by atoms with Crippen molar-refractivity contribution in [2.45, 2.75) is 32.2 Å². The molecule has 1 aliphatic carbocycles. The number of benzene rings is 1. The van der Waals surface area contributed by atoms with Crippen LogP contribution in [0.1, 0.15) is 35.2 Å². The lowest BCUT2D eigenvalue weighted by atomic mass is 10.1. The van der Waals surface area contributed by atoms with E-state index >= 15 is 0 Å². The largest absolute Gasteiger partial charge is 0.481 e. The van der Waals surface area contributed by atoms with Crippen molar-refractivity contribution in [1.82, 2.24) is 5.32 Å². The van der Waals surface area contributed by atoms with Gasteiger partial charge in [-0.1, -0.05) is 11.6 Å². The summed E-state index contributed by atoms with van der Waals surface area (Å²) in [4.78, 5) is 23.0. The fraction of sp³-hybridized carbons (Fsp3) is 0.429. The molecule has 0 bridgehead atoms. The third-order valence-electron chi connectivity index (χ3n) is 3.55. The monoisotopic (exact) mass is 281 g/mol. The van der Waals surface area contributed by atoms with Crippen molar-refractivity contribution >= 4 is 23.5 Å². The standard InChI is InChI=1S/C14H16ClNO3/c1-8-6-10(15)3-5-12(8)13(17)16-11-4-2-9(7-11)14(18)19/h3,5-6,9,11H,2,4,7H2,1H3,(H,16,17)(H,18,19)/t9-,11+/m0/s1. The predicted octanol–water partition coefficient (Wildman–Crippen LogP) is 2.63. The first-order valence-electron chi connectivity index (χ1n) is 6.27. The number of carbonyl (C=O) groups is 2. The van der Waals surface area contributed by atoms with E-state index < -0.39 is 5.97 Å². The average Bonchev–Trinajstić information content (AvgIpc) is 2.77. The molecular formula is C14H16ClNO3. The molecular weight excluding hydrogens is 266 g/mol. The van der Waals surface area contributed by atoms with Gasteiger partial charge in [-0.3, -0.25) is 9.59 Å². The Morgan fingerprint density at radius 1 is 1.37 bits per heavy atom. The summed E-state index contributed by atoms with van der Waals surface area (Å²) in [5.74, 6) is -1.28. The van der Waals surface area contributed by atoms with Gasteiger partial charge in [-0.15, -0.1) is 0 Å². The molecule has 1 aromatic carbocycles. The van der Waals surface area contributed by atoms with Crippen LogP contribution in [0.5, 0.6) is 0 Å². The zero-order chi connectivity index (χ0) is 14.0. The van der Waals surface area contributed by atoms with Crippen molar-refractivity contribution in [3.05, 3.63) is 34.3 Å². The van der Waals surface area contributed by atoms with Crippen molar-refractivity contribution in [1.29, 1.82) is 0 Å². The van der Waals surface area contributed by atoms with Gasteiger partial charge in [0.2, 0.25) is 0 Å². The molecule has 5 heteroatoms. The van der Waals surface area contributed by atoms with Gasteiger partial charge in [0.1, 0.15) is 0 Å². The second-order valence-corrected chi connectivity index (χ2v) is 5.41. The van der Waals surface area contributed by atoms with E-state index in [1.165, 1.54) is 0 Å². The highest BCUT2D eigenvalue weighted by Gasteiger charge is 2.30. The first kappa shape index (κ1) is 13.9. The van der Waals surface area contributed by atoms with Crippen LogP contribution in [0.2, 0.25) is 5.02 Å². The average molecular weight is 282 g/mol. The molecule has 2 rings (SSSR count). The molecule has 1 aliphatic rings. The number of aliphatic carboxylic acids is 1. The first-order valence-corrected chi connectivity index (χ1v) is 6.65. The van der Waals surface area contributed by atoms with Crippen molar-refractivity contribution in [3.63, 3.8) is 0 Å². The minimum absolute atomic E-state index is 0.0521. The number of amides is 1. The Kier molecular flexibility index (Phi) is 4.10. The summed E-state index contributed by atoms with van der Waals surface area (Å²) in [5.41, 5.74) is 1.40. The van der Waals surface area contributed by atoms with Gasteiger partial charge >= 0.3 is 5.97 Å². The molecule has 0 saturated heterocycles. The zero-order valence-corrected chi connectivity index (χ0v) is 11.4. The molecule has 1 saturated carbocycles. The lowest BCUT2D eigenvalue weighted by molar-refractivity contribution is -0.141. The zero-order valence-electron chi connectivity index (χ0n) is 10.6. The Labute approximate surface area is 116 Å². The molecule has 0 aliphatic heterocycles. The van der Waals surface area contributed by atoms with Crippen LogP contribution in [0.4, 0.5) is 0 Å². The minimum Gasteiger partial charge on any atom is -0.481 e. The molecule has 2 atom stereocenters. The third-order valence-corrected chi connectivity index (χ3v) is 3.79. The van der Waals surface area contributed by atoms with Crippen LogP contribution >= 0.6 is 11.6 Å². The number of hydrogen-bond donors (Lipinski definition) is 2. The fourth-order valence-electron chi connectivity index (χ4n) is 2.48. The van der Waals surface area contributed by atoms with Gasteiger partial charge < -0.3 is 10.4 Å². The van der Waals surface area contributed by atoms with E-state index in [1.54, 1.807) is 18.2 Å². The van der Waals surface area contributed by atoms with Crippen LogP contribution in [0, 0.1) is 12.8 Å². The molecule has 19 heavy (non-hydrogen) atoms. The molecule has 4 nitrogen and oxygen atoms in total. The summed E-state index contributed by atoms with van der Waals surface area (Å²) in [7, 11) is 0. The molecule has 1 amide bonds. The number of carboxylic acid groups (broad SMARTS) is 1. The van der Waals surface area contributed by atoms with E-state index in [-0.39, 0.29) is 17.9 Å². The number of nitrogens with one attached hydrogen (secondary N) is 1. The second-order valence-electron chi connectivity index (χ2n) is 4.98. The van der Waals surface area contributed by atoms with Crippen LogP contribution in [0.3, 0.4) is 0 Å². The summed E-state index contributed by atoms with van der Waals surface area (Å²) >= 11 is 5.85. The number of rotatable bonds is 3. The van der Waals surface area contributed by atoms with E-state index in [2.05, 4.69) is 5.32 Å². The van der Waals surface area contributed by atoms with Gasteiger partial charge in [-0.2, -0.15) is 0 Å². The molecule has 0 spiro atoms. The highest BCUT2D eigenvalue weighted by Crippen LogP contribution is 2.26. The highest BCUT2D eigenvalue weighted by molar-refractivity contribution is 6.30. The third kappa shape index (κ3) is 3.26. The van der Waals surface area contributed by atoms with Gasteiger partial charge in [0, 0.05) is 16.6 Å². The lowest BCUT2D eigenvalue weighted by Crippen LogP contribution is -2.33. The van der Waals surface area contributed by atoms with E-state index in [1.807, 2.05) is 6.92 Å². The maximum Gasteiger partial charge on any atom is 0.306 e. The Bertz CT molecular complexity index is 515. The van der Waals surface area contributed by atoms with Gasteiger partial charge in [0.05, 0.1) is 5.92 Å². The maximum atomic E-state index is 12.1. The number of aryl methyl sites for hydroxylation is 1. The van der Waals surface area contributed by atoms with Crippen LogP contribution in [-0.4, -0.2) is 23.0 Å². The summed E-state index contributed by atoms with van der Waals surface area (Å²) in [6.45, 7) is 1.83. The van der Waals surface area contributed by atoms with Crippen LogP contribution < -0.4 is 5.32 Å². The van der Waals surface area contributed by atoms with Crippen LogP contribution in [0.15, 0.2) is 18.2 Å². The number of hydrogen-bond acceptors (Lipinski definition) is 2. The second kappa shape index (κ2) is 5.61. The first-order chi connectivity index (χ1) is 8.97. The molecule has 1 aromatic rings. The van der Waals surface area contributed by atoms with Gasteiger partial charge in [0.25, 0.3) is 5.91 Å². The van der Waals surface area contributed by atoms with E-state index in [0.717, 1.165) is 12.0 Å². The Balaban J connectivity index is 2.00. The summed E-state index contributed by atoms with van der Waals surface area (Å²) in [5, 5.41) is 12.4. The SMILES string of the molecule is Cc1cc(Cl)ccc1C(=O)N[C@@H]1CC[C@H](C(=O)O)C1. The normalized spacial score (nSPS) is 22.2. The smallest absolute Gasteiger partial charge is 0.306 e. The van der Waals surface area contributed by atoms with E-state index in [9.17, 15) is 9.59 Å². The van der Waals surface area contributed by atoms with Crippen molar-refractivity contribution in [3.8, 4) is 0 Å². The molecule has 2 N–H and O–H groups in total.